The molecule has 144 valence electrons. The van der Waals surface area contributed by atoms with Crippen molar-refractivity contribution in [2.45, 2.75) is 38.1 Å². The molecule has 25 heavy (non-hydrogen) atoms. The predicted octanol–water partition coefficient (Wildman–Crippen LogP) is 3.48. The van der Waals surface area contributed by atoms with Crippen molar-refractivity contribution in [3.63, 3.8) is 0 Å². The SMILES string of the molecule is CN1CCCC(CNC(=O)CCC2CCNC2)C1c1cccs1.Cl.Cl. The molecule has 3 unspecified atom stereocenters. The number of nitrogens with one attached hydrogen (secondary N) is 2. The summed E-state index contributed by atoms with van der Waals surface area (Å²) in [4.78, 5) is 16.1. The van der Waals surface area contributed by atoms with Gasteiger partial charge >= 0.3 is 0 Å². The fourth-order valence-electron chi connectivity index (χ4n) is 4.01. The fourth-order valence-corrected chi connectivity index (χ4v) is 5.00. The average molecular weight is 408 g/mol. The molecule has 2 aliphatic heterocycles. The summed E-state index contributed by atoms with van der Waals surface area (Å²) in [6, 6.07) is 4.83. The first-order chi connectivity index (χ1) is 11.2. The summed E-state index contributed by atoms with van der Waals surface area (Å²) in [6.45, 7) is 4.17. The molecule has 7 heteroatoms. The number of piperidine rings is 1. The summed E-state index contributed by atoms with van der Waals surface area (Å²) >= 11 is 1.84. The van der Waals surface area contributed by atoms with Crippen LogP contribution in [0.1, 0.15) is 43.0 Å². The van der Waals surface area contributed by atoms with Gasteiger partial charge in [-0.15, -0.1) is 36.2 Å². The van der Waals surface area contributed by atoms with Gasteiger partial charge in [-0.2, -0.15) is 0 Å². The molecule has 0 aliphatic carbocycles. The summed E-state index contributed by atoms with van der Waals surface area (Å²) in [5, 5.41) is 8.73. The zero-order chi connectivity index (χ0) is 16.1. The Bertz CT molecular complexity index is 495. The molecule has 2 aliphatic rings. The molecule has 1 aromatic rings. The molecule has 3 rings (SSSR count). The highest BCUT2D eigenvalue weighted by atomic mass is 35.5. The van der Waals surface area contributed by atoms with Gasteiger partial charge in [0.15, 0.2) is 0 Å². The fraction of sp³-hybridized carbons (Fsp3) is 0.722. The quantitative estimate of drug-likeness (QED) is 0.758. The van der Waals surface area contributed by atoms with Crippen LogP contribution in [0, 0.1) is 11.8 Å². The van der Waals surface area contributed by atoms with E-state index in [1.165, 1.54) is 24.1 Å². The van der Waals surface area contributed by atoms with Gasteiger partial charge in [0.25, 0.3) is 0 Å². The van der Waals surface area contributed by atoms with E-state index in [4.69, 9.17) is 0 Å². The largest absolute Gasteiger partial charge is 0.356 e. The minimum Gasteiger partial charge on any atom is -0.356 e. The van der Waals surface area contributed by atoms with Crippen molar-refractivity contribution in [3.05, 3.63) is 22.4 Å². The molecule has 0 radical (unpaired) electrons. The number of thiophene rings is 1. The lowest BCUT2D eigenvalue weighted by Crippen LogP contribution is -2.41. The summed E-state index contributed by atoms with van der Waals surface area (Å²) in [5.74, 6) is 1.46. The number of likely N-dealkylation sites (tertiary alicyclic amines) is 1. The van der Waals surface area contributed by atoms with Crippen LogP contribution in [0.4, 0.5) is 0 Å². The first-order valence-electron chi connectivity index (χ1n) is 8.95. The van der Waals surface area contributed by atoms with E-state index >= 15 is 0 Å². The monoisotopic (exact) mass is 407 g/mol. The molecule has 0 saturated carbocycles. The van der Waals surface area contributed by atoms with Crippen LogP contribution in [-0.2, 0) is 4.79 Å². The minimum atomic E-state index is 0. The van der Waals surface area contributed by atoms with Crippen LogP contribution >= 0.6 is 36.2 Å². The van der Waals surface area contributed by atoms with E-state index < -0.39 is 0 Å². The van der Waals surface area contributed by atoms with Crippen molar-refractivity contribution < 1.29 is 4.79 Å². The number of nitrogens with zero attached hydrogens (tertiary/aromatic N) is 1. The lowest BCUT2D eigenvalue weighted by atomic mass is 9.88. The van der Waals surface area contributed by atoms with Gasteiger partial charge in [0, 0.05) is 23.9 Å². The van der Waals surface area contributed by atoms with Gasteiger partial charge in [-0.3, -0.25) is 9.69 Å². The molecular formula is C18H31Cl2N3OS. The summed E-state index contributed by atoms with van der Waals surface area (Å²) < 4.78 is 0. The van der Waals surface area contributed by atoms with Gasteiger partial charge in [0.05, 0.1) is 0 Å². The number of amides is 1. The maximum Gasteiger partial charge on any atom is 0.220 e. The smallest absolute Gasteiger partial charge is 0.220 e. The van der Waals surface area contributed by atoms with E-state index in [1.54, 1.807) is 0 Å². The number of rotatable bonds is 6. The Morgan fingerprint density at radius 1 is 1.40 bits per heavy atom. The molecular weight excluding hydrogens is 377 g/mol. The van der Waals surface area contributed by atoms with Crippen molar-refractivity contribution in [2.75, 3.05) is 33.2 Å². The number of carbonyl (C=O) groups excluding carboxylic acids is 1. The molecule has 4 nitrogen and oxygen atoms in total. The van der Waals surface area contributed by atoms with Crippen LogP contribution in [0.3, 0.4) is 0 Å². The predicted molar refractivity (Wildman–Crippen MR) is 110 cm³/mol. The van der Waals surface area contributed by atoms with Crippen LogP contribution in [-0.4, -0.2) is 44.0 Å². The van der Waals surface area contributed by atoms with Gasteiger partial charge in [0.1, 0.15) is 0 Å². The number of hydrogen-bond acceptors (Lipinski definition) is 4. The van der Waals surface area contributed by atoms with E-state index in [0.29, 0.717) is 24.3 Å². The first kappa shape index (κ1) is 22.7. The van der Waals surface area contributed by atoms with Gasteiger partial charge in [-0.05, 0) is 75.6 Å². The number of carbonyl (C=O) groups is 1. The standard InChI is InChI=1S/C18H29N3OS.2ClH/c1-21-10-2-4-15(18(21)16-5-3-11-23-16)13-20-17(22)7-6-14-8-9-19-12-14;;/h3,5,11,14-15,18-19H,2,4,6-10,12-13H2,1H3,(H,20,22);2*1H. The summed E-state index contributed by atoms with van der Waals surface area (Å²) in [5.41, 5.74) is 0. The topological polar surface area (TPSA) is 44.4 Å². The molecule has 2 saturated heterocycles. The lowest BCUT2D eigenvalue weighted by Gasteiger charge is -2.38. The van der Waals surface area contributed by atoms with Crippen molar-refractivity contribution in [1.29, 1.82) is 0 Å². The summed E-state index contributed by atoms with van der Waals surface area (Å²) in [7, 11) is 2.21. The van der Waals surface area contributed by atoms with E-state index in [1.807, 2.05) is 11.3 Å². The second-order valence-electron chi connectivity index (χ2n) is 7.04. The normalized spacial score (nSPS) is 26.5. The van der Waals surface area contributed by atoms with E-state index in [0.717, 1.165) is 32.6 Å². The third-order valence-electron chi connectivity index (χ3n) is 5.35. The second kappa shape index (κ2) is 11.4. The highest BCUT2D eigenvalue weighted by molar-refractivity contribution is 7.10. The minimum absolute atomic E-state index is 0. The molecule has 2 N–H and O–H groups in total. The third-order valence-corrected chi connectivity index (χ3v) is 6.29. The van der Waals surface area contributed by atoms with Crippen molar-refractivity contribution >= 4 is 42.1 Å². The third kappa shape index (κ3) is 6.40. The molecule has 0 spiro atoms. The molecule has 2 fully saturated rings. The Hall–Kier alpha value is -0.330. The van der Waals surface area contributed by atoms with Gasteiger partial charge < -0.3 is 10.6 Å². The van der Waals surface area contributed by atoms with Crippen LogP contribution in [0.5, 0.6) is 0 Å². The highest BCUT2D eigenvalue weighted by Crippen LogP contribution is 2.36. The molecule has 3 atom stereocenters. The van der Waals surface area contributed by atoms with Crippen LogP contribution < -0.4 is 10.6 Å². The zero-order valence-corrected chi connectivity index (χ0v) is 17.4. The van der Waals surface area contributed by atoms with Crippen molar-refractivity contribution in [1.82, 2.24) is 15.5 Å². The molecule has 0 aromatic carbocycles. The molecule has 3 heterocycles. The van der Waals surface area contributed by atoms with Crippen molar-refractivity contribution in [3.8, 4) is 0 Å². The Labute approximate surface area is 167 Å². The second-order valence-corrected chi connectivity index (χ2v) is 8.02. The van der Waals surface area contributed by atoms with Crippen LogP contribution in [0.15, 0.2) is 17.5 Å². The Morgan fingerprint density at radius 3 is 2.92 bits per heavy atom. The zero-order valence-electron chi connectivity index (χ0n) is 14.9. The summed E-state index contributed by atoms with van der Waals surface area (Å²) in [6.07, 6.45) is 5.36. The Kier molecular flexibility index (Phi) is 10.4. The Balaban J connectivity index is 0.00000156. The van der Waals surface area contributed by atoms with E-state index in [9.17, 15) is 4.79 Å². The van der Waals surface area contributed by atoms with Crippen LogP contribution in [0.2, 0.25) is 0 Å². The number of halogens is 2. The Morgan fingerprint density at radius 2 is 2.24 bits per heavy atom. The molecule has 1 amide bonds. The van der Waals surface area contributed by atoms with Gasteiger partial charge in [-0.25, -0.2) is 0 Å². The maximum atomic E-state index is 12.2. The van der Waals surface area contributed by atoms with E-state index in [2.05, 4.69) is 40.1 Å². The van der Waals surface area contributed by atoms with Gasteiger partial charge in [0.2, 0.25) is 5.91 Å². The maximum absolute atomic E-state index is 12.2. The lowest BCUT2D eigenvalue weighted by molar-refractivity contribution is -0.121. The molecule has 0 bridgehead atoms. The first-order valence-corrected chi connectivity index (χ1v) is 9.83. The highest BCUT2D eigenvalue weighted by Gasteiger charge is 2.31. The van der Waals surface area contributed by atoms with Gasteiger partial charge in [-0.1, -0.05) is 6.07 Å². The van der Waals surface area contributed by atoms with Crippen molar-refractivity contribution in [2.24, 2.45) is 11.8 Å². The molecule has 1 aromatic heterocycles. The average Bonchev–Trinajstić information content (AvgIpc) is 3.24. The number of hydrogen-bond donors (Lipinski definition) is 2. The van der Waals surface area contributed by atoms with Crippen LogP contribution in [0.25, 0.3) is 0 Å². The van der Waals surface area contributed by atoms with E-state index in [-0.39, 0.29) is 30.7 Å².